The molecule has 0 aliphatic heterocycles. The molecule has 1 amide bonds. The normalized spacial score (nSPS) is 14.6. The summed E-state index contributed by atoms with van der Waals surface area (Å²) in [5.74, 6) is -0.367. The lowest BCUT2D eigenvalue weighted by atomic mass is 9.97. The zero-order valence-corrected chi connectivity index (χ0v) is 14.7. The standard InChI is InChI=1S/C19H21N5O2/c1-12-7-8-15-14(11-12)21-19(26)17-16(22-23-24(15)17)18(25)20-10-9-13-5-3-2-4-6-13/h5,7-8,11H,2-4,6,9-10H2,1H3,(H,20,25)(H,21,26). The monoisotopic (exact) mass is 351 g/mol. The number of aromatic amines is 1. The SMILES string of the molecule is Cc1ccc2c(c1)[nH]c(=O)c1c(C(=O)NCCC3=CCCCC3)nnn12. The Morgan fingerprint density at radius 2 is 2.23 bits per heavy atom. The Bertz CT molecular complexity index is 1080. The maximum Gasteiger partial charge on any atom is 0.277 e. The molecule has 7 nitrogen and oxygen atoms in total. The fraction of sp³-hybridized carbons (Fsp3) is 0.368. The predicted octanol–water partition coefficient (Wildman–Crippen LogP) is 2.50. The van der Waals surface area contributed by atoms with Crippen molar-refractivity contribution in [2.24, 2.45) is 0 Å². The van der Waals surface area contributed by atoms with Crippen LogP contribution in [0.5, 0.6) is 0 Å². The van der Waals surface area contributed by atoms with Crippen molar-refractivity contribution in [1.29, 1.82) is 0 Å². The zero-order valence-electron chi connectivity index (χ0n) is 14.7. The van der Waals surface area contributed by atoms with E-state index in [1.54, 1.807) is 0 Å². The van der Waals surface area contributed by atoms with Crippen molar-refractivity contribution in [1.82, 2.24) is 25.1 Å². The number of allylic oxidation sites excluding steroid dienone is 1. The molecule has 7 heteroatoms. The van der Waals surface area contributed by atoms with Gasteiger partial charge in [0.2, 0.25) is 0 Å². The molecule has 2 aromatic heterocycles. The first-order chi connectivity index (χ1) is 12.6. The van der Waals surface area contributed by atoms with E-state index >= 15 is 0 Å². The Hall–Kier alpha value is -2.96. The van der Waals surface area contributed by atoms with Gasteiger partial charge in [0.15, 0.2) is 11.2 Å². The van der Waals surface area contributed by atoms with Gasteiger partial charge in [0.05, 0.1) is 11.0 Å². The number of aryl methyl sites for hydroxylation is 1. The Labute approximate surface area is 150 Å². The minimum Gasteiger partial charge on any atom is -0.350 e. The average molecular weight is 351 g/mol. The van der Waals surface area contributed by atoms with Crippen LogP contribution >= 0.6 is 0 Å². The number of rotatable bonds is 4. The average Bonchev–Trinajstić information content (AvgIpc) is 3.08. The van der Waals surface area contributed by atoms with Crippen LogP contribution in [0.15, 0.2) is 34.6 Å². The molecule has 0 bridgehead atoms. The highest BCUT2D eigenvalue weighted by Gasteiger charge is 2.19. The summed E-state index contributed by atoms with van der Waals surface area (Å²) in [6, 6.07) is 5.66. The molecule has 0 fully saturated rings. The molecule has 0 spiro atoms. The van der Waals surface area contributed by atoms with Gasteiger partial charge in [-0.3, -0.25) is 9.59 Å². The van der Waals surface area contributed by atoms with Gasteiger partial charge in [-0.25, -0.2) is 4.52 Å². The number of carbonyl (C=O) groups excluding carboxylic acids is 1. The van der Waals surface area contributed by atoms with Crippen LogP contribution in [0.3, 0.4) is 0 Å². The lowest BCUT2D eigenvalue weighted by Gasteiger charge is -2.12. The van der Waals surface area contributed by atoms with E-state index in [1.165, 1.54) is 22.9 Å². The summed E-state index contributed by atoms with van der Waals surface area (Å²) in [6.45, 7) is 2.48. The summed E-state index contributed by atoms with van der Waals surface area (Å²) in [5, 5.41) is 10.9. The number of H-pyrrole nitrogens is 1. The second-order valence-corrected chi connectivity index (χ2v) is 6.79. The summed E-state index contributed by atoms with van der Waals surface area (Å²) >= 11 is 0. The van der Waals surface area contributed by atoms with Gasteiger partial charge in [0, 0.05) is 6.54 Å². The maximum absolute atomic E-state index is 12.5. The van der Waals surface area contributed by atoms with Crippen LogP contribution in [0.1, 0.15) is 48.2 Å². The van der Waals surface area contributed by atoms with Crippen LogP contribution < -0.4 is 10.9 Å². The first-order valence-corrected chi connectivity index (χ1v) is 8.97. The van der Waals surface area contributed by atoms with E-state index < -0.39 is 0 Å². The molecule has 0 radical (unpaired) electrons. The predicted molar refractivity (Wildman–Crippen MR) is 99.4 cm³/mol. The van der Waals surface area contributed by atoms with Crippen molar-refractivity contribution < 1.29 is 4.79 Å². The second kappa shape index (κ2) is 6.74. The Balaban J connectivity index is 1.60. The molecule has 0 unspecified atom stereocenters. The van der Waals surface area contributed by atoms with Crippen LogP contribution in [0.4, 0.5) is 0 Å². The summed E-state index contributed by atoms with van der Waals surface area (Å²) in [4.78, 5) is 27.8. The number of amides is 1. The Morgan fingerprint density at radius 3 is 3.04 bits per heavy atom. The molecule has 0 saturated heterocycles. The third kappa shape index (κ3) is 3.00. The highest BCUT2D eigenvalue weighted by Crippen LogP contribution is 2.19. The van der Waals surface area contributed by atoms with Crippen molar-refractivity contribution in [2.45, 2.75) is 39.0 Å². The van der Waals surface area contributed by atoms with Crippen molar-refractivity contribution in [3.63, 3.8) is 0 Å². The Kier molecular flexibility index (Phi) is 4.28. The fourth-order valence-electron chi connectivity index (χ4n) is 3.48. The molecule has 4 rings (SSSR count). The fourth-order valence-corrected chi connectivity index (χ4v) is 3.48. The minimum absolute atomic E-state index is 0.0614. The summed E-state index contributed by atoms with van der Waals surface area (Å²) in [6.07, 6.45) is 7.80. The molecular weight excluding hydrogens is 330 g/mol. The van der Waals surface area contributed by atoms with E-state index in [2.05, 4.69) is 26.7 Å². The summed E-state index contributed by atoms with van der Waals surface area (Å²) < 4.78 is 1.44. The third-order valence-electron chi connectivity index (χ3n) is 4.85. The molecule has 3 aromatic rings. The molecule has 134 valence electrons. The number of hydrogen-bond donors (Lipinski definition) is 2. The van der Waals surface area contributed by atoms with Crippen LogP contribution in [0.25, 0.3) is 16.6 Å². The lowest BCUT2D eigenvalue weighted by Crippen LogP contribution is -2.27. The van der Waals surface area contributed by atoms with E-state index in [9.17, 15) is 9.59 Å². The van der Waals surface area contributed by atoms with Gasteiger partial charge < -0.3 is 10.3 Å². The molecule has 2 heterocycles. The smallest absolute Gasteiger partial charge is 0.277 e. The van der Waals surface area contributed by atoms with E-state index in [-0.39, 0.29) is 22.7 Å². The highest BCUT2D eigenvalue weighted by atomic mass is 16.2. The van der Waals surface area contributed by atoms with Gasteiger partial charge in [-0.05, 0) is 56.7 Å². The van der Waals surface area contributed by atoms with Crippen LogP contribution in [0, 0.1) is 6.92 Å². The van der Waals surface area contributed by atoms with Crippen molar-refractivity contribution >= 4 is 22.5 Å². The van der Waals surface area contributed by atoms with Crippen LogP contribution in [-0.2, 0) is 0 Å². The van der Waals surface area contributed by atoms with Gasteiger partial charge in [-0.2, -0.15) is 0 Å². The number of carbonyl (C=O) groups is 1. The number of aromatic nitrogens is 4. The van der Waals surface area contributed by atoms with Gasteiger partial charge in [-0.15, -0.1) is 5.10 Å². The molecule has 1 aliphatic rings. The number of fused-ring (bicyclic) bond motifs is 3. The molecule has 1 aromatic carbocycles. The van der Waals surface area contributed by atoms with Gasteiger partial charge in [-0.1, -0.05) is 22.9 Å². The van der Waals surface area contributed by atoms with Crippen LogP contribution in [-0.4, -0.2) is 32.3 Å². The molecule has 26 heavy (non-hydrogen) atoms. The molecule has 1 aliphatic carbocycles. The first kappa shape index (κ1) is 16.5. The molecule has 0 atom stereocenters. The number of hydrogen-bond acceptors (Lipinski definition) is 4. The molecule has 2 N–H and O–H groups in total. The number of nitrogens with zero attached hydrogens (tertiary/aromatic N) is 3. The zero-order chi connectivity index (χ0) is 18.1. The number of benzene rings is 1. The lowest BCUT2D eigenvalue weighted by molar-refractivity contribution is 0.0950. The highest BCUT2D eigenvalue weighted by molar-refractivity contribution is 5.99. The quantitative estimate of drug-likeness (QED) is 0.707. The minimum atomic E-state index is -0.367. The van der Waals surface area contributed by atoms with Gasteiger partial charge >= 0.3 is 0 Å². The topological polar surface area (TPSA) is 92.1 Å². The first-order valence-electron chi connectivity index (χ1n) is 8.97. The van der Waals surface area contributed by atoms with Gasteiger partial charge in [0.25, 0.3) is 11.5 Å². The van der Waals surface area contributed by atoms with E-state index in [4.69, 9.17) is 0 Å². The van der Waals surface area contributed by atoms with Crippen LogP contribution in [0.2, 0.25) is 0 Å². The Morgan fingerprint density at radius 1 is 1.35 bits per heavy atom. The molecular formula is C19H21N5O2. The van der Waals surface area contributed by atoms with E-state index in [0.717, 1.165) is 24.8 Å². The second-order valence-electron chi connectivity index (χ2n) is 6.79. The third-order valence-corrected chi connectivity index (χ3v) is 4.85. The van der Waals surface area contributed by atoms with Gasteiger partial charge in [0.1, 0.15) is 0 Å². The summed E-state index contributed by atoms with van der Waals surface area (Å²) in [5.41, 5.74) is 3.68. The van der Waals surface area contributed by atoms with Crippen molar-refractivity contribution in [3.05, 3.63) is 51.5 Å². The molecule has 0 saturated carbocycles. The maximum atomic E-state index is 12.5. The van der Waals surface area contributed by atoms with E-state index in [0.29, 0.717) is 17.6 Å². The van der Waals surface area contributed by atoms with Crippen molar-refractivity contribution in [3.8, 4) is 0 Å². The number of nitrogens with one attached hydrogen (secondary N) is 2. The van der Waals surface area contributed by atoms with Crippen molar-refractivity contribution in [2.75, 3.05) is 6.54 Å². The largest absolute Gasteiger partial charge is 0.350 e. The summed E-state index contributed by atoms with van der Waals surface area (Å²) in [7, 11) is 0. The van der Waals surface area contributed by atoms with E-state index in [1.807, 2.05) is 25.1 Å².